The summed E-state index contributed by atoms with van der Waals surface area (Å²) in [5.74, 6) is 0.660. The van der Waals surface area contributed by atoms with Crippen LogP contribution >= 0.6 is 11.6 Å². The summed E-state index contributed by atoms with van der Waals surface area (Å²) < 4.78 is 31.1. The van der Waals surface area contributed by atoms with E-state index in [2.05, 4.69) is 0 Å². The molecule has 1 aliphatic rings. The van der Waals surface area contributed by atoms with Gasteiger partial charge in [-0.2, -0.15) is 0 Å². The zero-order chi connectivity index (χ0) is 12.3. The SMILES string of the molecule is O=S(=O)(CCCl)N1CCCOc2ccccc21. The molecule has 1 aliphatic heterocycles. The quantitative estimate of drug-likeness (QED) is 0.791. The second-order valence-corrected chi connectivity index (χ2v) is 6.14. The maximum atomic E-state index is 12.1. The predicted molar refractivity (Wildman–Crippen MR) is 68.4 cm³/mol. The molecule has 1 aromatic rings. The summed E-state index contributed by atoms with van der Waals surface area (Å²) in [6.45, 7) is 0.972. The van der Waals surface area contributed by atoms with Gasteiger partial charge in [0.2, 0.25) is 10.0 Å². The largest absolute Gasteiger partial charge is 0.491 e. The van der Waals surface area contributed by atoms with E-state index in [9.17, 15) is 8.42 Å². The molecule has 0 bridgehead atoms. The van der Waals surface area contributed by atoms with E-state index >= 15 is 0 Å². The van der Waals surface area contributed by atoms with Crippen LogP contribution in [0.3, 0.4) is 0 Å². The molecule has 1 aromatic carbocycles. The van der Waals surface area contributed by atoms with Crippen molar-refractivity contribution in [2.45, 2.75) is 6.42 Å². The number of rotatable bonds is 3. The van der Waals surface area contributed by atoms with Gasteiger partial charge in [0.1, 0.15) is 5.75 Å². The van der Waals surface area contributed by atoms with Crippen LogP contribution in [0.4, 0.5) is 5.69 Å². The van der Waals surface area contributed by atoms with Crippen molar-refractivity contribution in [3.05, 3.63) is 24.3 Å². The molecule has 0 aromatic heterocycles. The Bertz CT molecular complexity index is 489. The number of hydrogen-bond acceptors (Lipinski definition) is 3. The van der Waals surface area contributed by atoms with Crippen molar-refractivity contribution in [3.8, 4) is 5.75 Å². The van der Waals surface area contributed by atoms with Gasteiger partial charge in [-0.25, -0.2) is 8.42 Å². The zero-order valence-corrected chi connectivity index (χ0v) is 10.9. The highest BCUT2D eigenvalue weighted by Gasteiger charge is 2.26. The smallest absolute Gasteiger partial charge is 0.236 e. The molecule has 0 fully saturated rings. The Morgan fingerprint density at radius 3 is 2.88 bits per heavy atom. The zero-order valence-electron chi connectivity index (χ0n) is 9.30. The summed E-state index contributed by atoms with van der Waals surface area (Å²) in [6, 6.07) is 7.17. The van der Waals surface area contributed by atoms with Gasteiger partial charge in [-0.1, -0.05) is 12.1 Å². The Hall–Kier alpha value is -0.940. The third-order valence-electron chi connectivity index (χ3n) is 2.57. The molecule has 0 saturated heterocycles. The maximum absolute atomic E-state index is 12.1. The van der Waals surface area contributed by atoms with Gasteiger partial charge >= 0.3 is 0 Å². The van der Waals surface area contributed by atoms with Crippen molar-refractivity contribution in [2.24, 2.45) is 0 Å². The summed E-state index contributed by atoms with van der Waals surface area (Å²) in [5.41, 5.74) is 0.607. The van der Waals surface area contributed by atoms with E-state index < -0.39 is 10.0 Å². The van der Waals surface area contributed by atoms with E-state index in [0.717, 1.165) is 0 Å². The average Bonchev–Trinajstić information content (AvgIpc) is 2.51. The molecular weight excluding hydrogens is 262 g/mol. The van der Waals surface area contributed by atoms with E-state index in [1.165, 1.54) is 4.31 Å². The van der Waals surface area contributed by atoms with Gasteiger partial charge in [-0.15, -0.1) is 11.6 Å². The summed E-state index contributed by atoms with van der Waals surface area (Å²) in [7, 11) is -3.35. The molecule has 17 heavy (non-hydrogen) atoms. The van der Waals surface area contributed by atoms with Crippen LogP contribution in [0.25, 0.3) is 0 Å². The van der Waals surface area contributed by atoms with Gasteiger partial charge in [0.25, 0.3) is 0 Å². The van der Waals surface area contributed by atoms with E-state index in [4.69, 9.17) is 16.3 Å². The Morgan fingerprint density at radius 2 is 2.12 bits per heavy atom. The average molecular weight is 276 g/mol. The minimum atomic E-state index is -3.35. The molecule has 0 aliphatic carbocycles. The van der Waals surface area contributed by atoms with E-state index in [1.54, 1.807) is 18.2 Å². The van der Waals surface area contributed by atoms with Gasteiger partial charge in [0.15, 0.2) is 0 Å². The van der Waals surface area contributed by atoms with Crippen LogP contribution in [-0.4, -0.2) is 33.2 Å². The first-order valence-corrected chi connectivity index (χ1v) is 7.58. The minimum absolute atomic E-state index is 0.0527. The first-order valence-electron chi connectivity index (χ1n) is 5.43. The van der Waals surface area contributed by atoms with E-state index in [0.29, 0.717) is 31.0 Å². The number of fused-ring (bicyclic) bond motifs is 1. The Morgan fingerprint density at radius 1 is 1.35 bits per heavy atom. The molecule has 2 rings (SSSR count). The third-order valence-corrected chi connectivity index (χ3v) is 4.75. The second-order valence-electron chi connectivity index (χ2n) is 3.75. The molecule has 4 nitrogen and oxygen atoms in total. The first-order chi connectivity index (χ1) is 8.15. The van der Waals surface area contributed by atoms with Crippen LogP contribution in [-0.2, 0) is 10.0 Å². The van der Waals surface area contributed by atoms with Gasteiger partial charge in [0.05, 0.1) is 18.0 Å². The Balaban J connectivity index is 2.41. The van der Waals surface area contributed by atoms with Crippen LogP contribution in [0, 0.1) is 0 Å². The minimum Gasteiger partial charge on any atom is -0.491 e. The number of anilines is 1. The number of halogens is 1. The molecule has 0 radical (unpaired) electrons. The summed E-state index contributed by atoms with van der Waals surface area (Å²) >= 11 is 5.54. The number of nitrogens with zero attached hydrogens (tertiary/aromatic N) is 1. The summed E-state index contributed by atoms with van der Waals surface area (Å²) in [4.78, 5) is 0. The highest BCUT2D eigenvalue weighted by atomic mass is 35.5. The third kappa shape index (κ3) is 2.66. The van der Waals surface area contributed by atoms with Crippen molar-refractivity contribution < 1.29 is 13.2 Å². The molecule has 0 N–H and O–H groups in total. The molecule has 94 valence electrons. The second kappa shape index (κ2) is 5.14. The molecule has 0 saturated carbocycles. The van der Waals surface area contributed by atoms with Crippen LogP contribution in [0.1, 0.15) is 6.42 Å². The van der Waals surface area contributed by atoms with Crippen molar-refractivity contribution in [1.29, 1.82) is 0 Å². The Kier molecular flexibility index (Phi) is 3.79. The lowest BCUT2D eigenvalue weighted by Gasteiger charge is -2.22. The molecule has 1 heterocycles. The lowest BCUT2D eigenvalue weighted by atomic mass is 10.3. The van der Waals surface area contributed by atoms with Crippen molar-refractivity contribution in [1.82, 2.24) is 0 Å². The number of hydrogen-bond donors (Lipinski definition) is 0. The highest BCUT2D eigenvalue weighted by molar-refractivity contribution is 7.92. The van der Waals surface area contributed by atoms with Crippen LogP contribution in [0.2, 0.25) is 0 Å². The lowest BCUT2D eigenvalue weighted by molar-refractivity contribution is 0.322. The first kappa shape index (κ1) is 12.5. The molecule has 0 unspecified atom stereocenters. The fourth-order valence-corrected chi connectivity index (χ4v) is 3.65. The number of benzene rings is 1. The fourth-order valence-electron chi connectivity index (χ4n) is 1.79. The number of ether oxygens (including phenoxy) is 1. The number of alkyl halides is 1. The van der Waals surface area contributed by atoms with Gasteiger partial charge in [-0.05, 0) is 12.1 Å². The van der Waals surface area contributed by atoms with Gasteiger partial charge in [-0.3, -0.25) is 4.31 Å². The summed E-state index contributed by atoms with van der Waals surface area (Å²) in [5, 5.41) is 0. The molecule has 0 spiro atoms. The van der Waals surface area contributed by atoms with Crippen LogP contribution in [0.15, 0.2) is 24.3 Å². The van der Waals surface area contributed by atoms with Crippen molar-refractivity contribution >= 4 is 27.3 Å². The highest BCUT2D eigenvalue weighted by Crippen LogP contribution is 2.32. The fraction of sp³-hybridized carbons (Fsp3) is 0.455. The van der Waals surface area contributed by atoms with Crippen molar-refractivity contribution in [3.63, 3.8) is 0 Å². The standard InChI is InChI=1S/C11H14ClNO3S/c12-6-9-17(14,15)13-7-3-8-16-11-5-2-1-4-10(11)13/h1-2,4-5H,3,6-9H2. The molecule has 0 amide bonds. The molecular formula is C11H14ClNO3S. The molecule has 0 atom stereocenters. The lowest BCUT2D eigenvalue weighted by Crippen LogP contribution is -2.34. The van der Waals surface area contributed by atoms with E-state index in [1.807, 2.05) is 6.07 Å². The van der Waals surface area contributed by atoms with Gasteiger partial charge in [0, 0.05) is 18.8 Å². The van der Waals surface area contributed by atoms with Gasteiger partial charge < -0.3 is 4.74 Å². The Labute approximate surface area is 106 Å². The van der Waals surface area contributed by atoms with E-state index in [-0.39, 0.29) is 11.6 Å². The van der Waals surface area contributed by atoms with Crippen molar-refractivity contribution in [2.75, 3.05) is 29.1 Å². The number of sulfonamides is 1. The maximum Gasteiger partial charge on any atom is 0.236 e. The van der Waals surface area contributed by atoms with Crippen LogP contribution in [0.5, 0.6) is 5.75 Å². The molecule has 6 heteroatoms. The topological polar surface area (TPSA) is 46.6 Å². The summed E-state index contributed by atoms with van der Waals surface area (Å²) in [6.07, 6.45) is 0.677. The number of para-hydroxylation sites is 2. The van der Waals surface area contributed by atoms with Crippen LogP contribution < -0.4 is 9.04 Å². The predicted octanol–water partition coefficient (Wildman–Crippen LogP) is 1.84. The normalized spacial score (nSPS) is 15.9. The monoisotopic (exact) mass is 275 g/mol.